The fourth-order valence-electron chi connectivity index (χ4n) is 2.45. The maximum Gasteiger partial charge on any atom is 0.145 e. The van der Waals surface area contributed by atoms with E-state index in [2.05, 4.69) is 6.08 Å². The molecule has 2 aliphatic rings. The topological polar surface area (TPSA) is 17.1 Å². The molecular formula is C10H14O. The van der Waals surface area contributed by atoms with E-state index >= 15 is 0 Å². The van der Waals surface area contributed by atoms with Crippen molar-refractivity contribution in [2.24, 2.45) is 11.8 Å². The lowest BCUT2D eigenvalue weighted by Gasteiger charge is -2.21. The molecule has 2 aliphatic carbocycles. The summed E-state index contributed by atoms with van der Waals surface area (Å²) in [5, 5.41) is 0. The van der Waals surface area contributed by atoms with Crippen molar-refractivity contribution in [1.29, 1.82) is 0 Å². The predicted octanol–water partition coefficient (Wildman–Crippen LogP) is 2.32. The number of hydrogen-bond acceptors (Lipinski definition) is 1. The van der Waals surface area contributed by atoms with Crippen LogP contribution >= 0.6 is 0 Å². The minimum absolute atomic E-state index is 0.754. The minimum Gasteiger partial charge on any atom is -0.298 e. The Bertz CT molecular complexity index is 193. The summed E-state index contributed by atoms with van der Waals surface area (Å²) < 4.78 is 0. The standard InChI is InChI=1S/C10H14O/c11-7-8-4-5-9-2-1-3-10(9)6-8/h6-7,9-10H,1-5H2. The first-order chi connectivity index (χ1) is 5.40. The first kappa shape index (κ1) is 7.08. The zero-order valence-electron chi connectivity index (χ0n) is 6.75. The van der Waals surface area contributed by atoms with Gasteiger partial charge in [0.05, 0.1) is 0 Å². The highest BCUT2D eigenvalue weighted by Crippen LogP contribution is 2.40. The van der Waals surface area contributed by atoms with Crippen molar-refractivity contribution < 1.29 is 4.79 Å². The summed E-state index contributed by atoms with van der Waals surface area (Å²) in [6.45, 7) is 0. The maximum atomic E-state index is 10.5. The summed E-state index contributed by atoms with van der Waals surface area (Å²) in [6.07, 6.45) is 9.63. The molecular weight excluding hydrogens is 136 g/mol. The van der Waals surface area contributed by atoms with Crippen molar-refractivity contribution >= 4 is 6.29 Å². The van der Waals surface area contributed by atoms with E-state index in [0.717, 1.165) is 30.1 Å². The van der Waals surface area contributed by atoms with Crippen LogP contribution in [0, 0.1) is 11.8 Å². The van der Waals surface area contributed by atoms with E-state index in [1.165, 1.54) is 25.7 Å². The molecule has 2 unspecified atom stereocenters. The predicted molar refractivity (Wildman–Crippen MR) is 44.2 cm³/mol. The molecule has 0 saturated heterocycles. The Labute approximate surface area is 67.5 Å². The summed E-state index contributed by atoms with van der Waals surface area (Å²) in [5.74, 6) is 1.67. The van der Waals surface area contributed by atoms with Gasteiger partial charge < -0.3 is 0 Å². The van der Waals surface area contributed by atoms with Gasteiger partial charge in [0, 0.05) is 0 Å². The largest absolute Gasteiger partial charge is 0.298 e. The highest BCUT2D eigenvalue weighted by molar-refractivity contribution is 5.73. The summed E-state index contributed by atoms with van der Waals surface area (Å²) in [5.41, 5.74) is 1.05. The molecule has 0 bridgehead atoms. The van der Waals surface area contributed by atoms with E-state index in [4.69, 9.17) is 0 Å². The minimum atomic E-state index is 0.754. The van der Waals surface area contributed by atoms with Crippen molar-refractivity contribution in [1.82, 2.24) is 0 Å². The quantitative estimate of drug-likeness (QED) is 0.524. The number of hydrogen-bond donors (Lipinski definition) is 0. The maximum absolute atomic E-state index is 10.5. The number of carbonyl (C=O) groups excluding carboxylic acids is 1. The van der Waals surface area contributed by atoms with Gasteiger partial charge in [0.15, 0.2) is 0 Å². The second-order valence-corrected chi connectivity index (χ2v) is 3.75. The van der Waals surface area contributed by atoms with Gasteiger partial charge in [-0.1, -0.05) is 12.5 Å². The highest BCUT2D eigenvalue weighted by Gasteiger charge is 2.28. The van der Waals surface area contributed by atoms with E-state index in [0.29, 0.717) is 0 Å². The van der Waals surface area contributed by atoms with Crippen LogP contribution < -0.4 is 0 Å². The molecule has 1 nitrogen and oxygen atoms in total. The summed E-state index contributed by atoms with van der Waals surface area (Å²) in [4.78, 5) is 10.5. The molecule has 1 heteroatoms. The molecule has 1 fully saturated rings. The second kappa shape index (κ2) is 2.80. The number of carbonyl (C=O) groups is 1. The van der Waals surface area contributed by atoms with E-state index in [1.54, 1.807) is 0 Å². The fraction of sp³-hybridized carbons (Fsp3) is 0.700. The van der Waals surface area contributed by atoms with Gasteiger partial charge in [-0.3, -0.25) is 4.79 Å². The lowest BCUT2D eigenvalue weighted by molar-refractivity contribution is -0.105. The van der Waals surface area contributed by atoms with Crippen LogP contribution in [0.5, 0.6) is 0 Å². The van der Waals surface area contributed by atoms with Gasteiger partial charge >= 0.3 is 0 Å². The lowest BCUT2D eigenvalue weighted by atomic mass is 9.83. The van der Waals surface area contributed by atoms with Crippen molar-refractivity contribution in [2.75, 3.05) is 0 Å². The van der Waals surface area contributed by atoms with Gasteiger partial charge in [-0.15, -0.1) is 0 Å². The number of fused-ring (bicyclic) bond motifs is 1. The zero-order chi connectivity index (χ0) is 7.68. The monoisotopic (exact) mass is 150 g/mol. The summed E-state index contributed by atoms with van der Waals surface area (Å²) >= 11 is 0. The molecule has 0 spiro atoms. The molecule has 1 saturated carbocycles. The highest BCUT2D eigenvalue weighted by atomic mass is 16.1. The zero-order valence-corrected chi connectivity index (χ0v) is 6.75. The smallest absolute Gasteiger partial charge is 0.145 e. The average molecular weight is 150 g/mol. The number of rotatable bonds is 1. The Morgan fingerprint density at radius 1 is 1.36 bits per heavy atom. The van der Waals surface area contributed by atoms with E-state index < -0.39 is 0 Å². The third-order valence-corrected chi connectivity index (χ3v) is 3.10. The van der Waals surface area contributed by atoms with Gasteiger partial charge in [0.1, 0.15) is 6.29 Å². The lowest BCUT2D eigenvalue weighted by Crippen LogP contribution is -2.11. The van der Waals surface area contributed by atoms with Crippen molar-refractivity contribution in [3.63, 3.8) is 0 Å². The average Bonchev–Trinajstić information content (AvgIpc) is 2.50. The van der Waals surface area contributed by atoms with Gasteiger partial charge in [-0.2, -0.15) is 0 Å². The molecule has 0 heterocycles. The van der Waals surface area contributed by atoms with E-state index in [9.17, 15) is 4.79 Å². The third-order valence-electron chi connectivity index (χ3n) is 3.10. The molecule has 0 aromatic heterocycles. The molecule has 2 rings (SSSR count). The van der Waals surface area contributed by atoms with Crippen LogP contribution in [0.15, 0.2) is 11.6 Å². The molecule has 0 amide bonds. The van der Waals surface area contributed by atoms with Gasteiger partial charge in [-0.05, 0) is 43.1 Å². The van der Waals surface area contributed by atoms with Gasteiger partial charge in [0.2, 0.25) is 0 Å². The molecule has 0 radical (unpaired) electrons. The third kappa shape index (κ3) is 1.24. The van der Waals surface area contributed by atoms with Gasteiger partial charge in [0.25, 0.3) is 0 Å². The summed E-state index contributed by atoms with van der Waals surface area (Å²) in [6, 6.07) is 0. The van der Waals surface area contributed by atoms with Crippen molar-refractivity contribution in [3.05, 3.63) is 11.6 Å². The normalized spacial score (nSPS) is 36.2. The number of aldehydes is 1. The Hall–Kier alpha value is -0.590. The molecule has 0 aromatic rings. The van der Waals surface area contributed by atoms with E-state index in [1.807, 2.05) is 0 Å². The molecule has 0 aliphatic heterocycles. The molecule has 11 heavy (non-hydrogen) atoms. The first-order valence-corrected chi connectivity index (χ1v) is 4.56. The Morgan fingerprint density at radius 3 is 3.09 bits per heavy atom. The number of allylic oxidation sites excluding steroid dienone is 2. The van der Waals surface area contributed by atoms with Gasteiger partial charge in [-0.25, -0.2) is 0 Å². The van der Waals surface area contributed by atoms with Crippen LogP contribution in [0.2, 0.25) is 0 Å². The first-order valence-electron chi connectivity index (χ1n) is 4.56. The van der Waals surface area contributed by atoms with Crippen LogP contribution in [0.1, 0.15) is 32.1 Å². The Kier molecular flexibility index (Phi) is 1.80. The Balaban J connectivity index is 2.13. The van der Waals surface area contributed by atoms with Crippen LogP contribution in [-0.2, 0) is 4.79 Å². The second-order valence-electron chi connectivity index (χ2n) is 3.75. The van der Waals surface area contributed by atoms with Crippen molar-refractivity contribution in [2.45, 2.75) is 32.1 Å². The van der Waals surface area contributed by atoms with Crippen molar-refractivity contribution in [3.8, 4) is 0 Å². The molecule has 2 atom stereocenters. The fourth-order valence-corrected chi connectivity index (χ4v) is 2.45. The SMILES string of the molecule is O=CC1=CC2CCCC2CC1. The summed E-state index contributed by atoms with van der Waals surface area (Å²) in [7, 11) is 0. The van der Waals surface area contributed by atoms with E-state index in [-0.39, 0.29) is 0 Å². The molecule has 0 aromatic carbocycles. The van der Waals surface area contributed by atoms with Crippen LogP contribution in [0.25, 0.3) is 0 Å². The van der Waals surface area contributed by atoms with Crippen LogP contribution in [0.4, 0.5) is 0 Å². The Morgan fingerprint density at radius 2 is 2.27 bits per heavy atom. The molecule has 0 N–H and O–H groups in total. The van der Waals surface area contributed by atoms with Crippen LogP contribution in [0.3, 0.4) is 0 Å². The van der Waals surface area contributed by atoms with Crippen LogP contribution in [-0.4, -0.2) is 6.29 Å². The molecule has 60 valence electrons.